The number of hydrogen-bond donors (Lipinski definition) is 1. The van der Waals surface area contributed by atoms with Crippen LogP contribution in [0.15, 0.2) is 40.0 Å². The van der Waals surface area contributed by atoms with Crippen molar-refractivity contribution in [1.29, 1.82) is 0 Å². The Labute approximate surface area is 174 Å². The maximum atomic E-state index is 13.7. The molecule has 0 radical (unpaired) electrons. The average molecular weight is 491 g/mol. The lowest BCUT2D eigenvalue weighted by Crippen LogP contribution is -2.52. The maximum Gasteiger partial charge on any atom is 0.193 e. The molecule has 1 aromatic heterocycles. The van der Waals surface area contributed by atoms with E-state index in [1.54, 1.807) is 19.4 Å². The Morgan fingerprint density at radius 2 is 2.00 bits per heavy atom. The van der Waals surface area contributed by atoms with Crippen LogP contribution in [0.2, 0.25) is 0 Å². The molecule has 0 amide bonds. The van der Waals surface area contributed by atoms with Crippen molar-refractivity contribution in [2.24, 2.45) is 4.99 Å². The summed E-state index contributed by atoms with van der Waals surface area (Å²) >= 11 is 0. The van der Waals surface area contributed by atoms with E-state index in [9.17, 15) is 8.78 Å². The lowest BCUT2D eigenvalue weighted by atomic mass is 10.1. The normalized spacial score (nSPS) is 15.5. The summed E-state index contributed by atoms with van der Waals surface area (Å²) in [5.41, 5.74) is 1.29. The SMILES string of the molecule is CN=C(NCCc1cccc(F)c1F)N1CCN(Cc2ccon2)CC1.I. The minimum Gasteiger partial charge on any atom is -0.364 e. The number of halogens is 3. The highest BCUT2D eigenvalue weighted by Gasteiger charge is 2.20. The first-order chi connectivity index (χ1) is 12.7. The number of benzene rings is 1. The van der Waals surface area contributed by atoms with E-state index in [1.807, 2.05) is 6.07 Å². The third-order valence-corrected chi connectivity index (χ3v) is 4.47. The van der Waals surface area contributed by atoms with Crippen LogP contribution < -0.4 is 5.32 Å². The van der Waals surface area contributed by atoms with Crippen LogP contribution in [0.25, 0.3) is 0 Å². The largest absolute Gasteiger partial charge is 0.364 e. The number of guanidine groups is 1. The Balaban J connectivity index is 0.00000261. The predicted octanol–water partition coefficient (Wildman–Crippen LogP) is 2.51. The monoisotopic (exact) mass is 491 g/mol. The van der Waals surface area contributed by atoms with Gasteiger partial charge in [-0.3, -0.25) is 9.89 Å². The van der Waals surface area contributed by atoms with Crippen LogP contribution >= 0.6 is 24.0 Å². The molecule has 0 bridgehead atoms. The molecule has 0 saturated carbocycles. The quantitative estimate of drug-likeness (QED) is 0.396. The number of nitrogens with one attached hydrogen (secondary N) is 1. The molecule has 27 heavy (non-hydrogen) atoms. The molecule has 0 atom stereocenters. The molecule has 9 heteroatoms. The summed E-state index contributed by atoms with van der Waals surface area (Å²) in [5, 5.41) is 7.18. The number of hydrogen-bond acceptors (Lipinski definition) is 4. The number of nitrogens with zero attached hydrogens (tertiary/aromatic N) is 4. The summed E-state index contributed by atoms with van der Waals surface area (Å²) in [4.78, 5) is 8.78. The van der Waals surface area contributed by atoms with Gasteiger partial charge in [-0.2, -0.15) is 0 Å². The first-order valence-corrected chi connectivity index (χ1v) is 8.67. The highest BCUT2D eigenvalue weighted by molar-refractivity contribution is 14.0. The van der Waals surface area contributed by atoms with Gasteiger partial charge in [0.15, 0.2) is 17.6 Å². The van der Waals surface area contributed by atoms with Crippen molar-refractivity contribution in [2.45, 2.75) is 13.0 Å². The third-order valence-electron chi connectivity index (χ3n) is 4.47. The zero-order chi connectivity index (χ0) is 18.4. The van der Waals surface area contributed by atoms with Gasteiger partial charge in [-0.15, -0.1) is 24.0 Å². The average Bonchev–Trinajstić information content (AvgIpc) is 3.16. The molecule has 6 nitrogen and oxygen atoms in total. The van der Waals surface area contributed by atoms with E-state index < -0.39 is 11.6 Å². The van der Waals surface area contributed by atoms with Gasteiger partial charge in [0.1, 0.15) is 6.26 Å². The summed E-state index contributed by atoms with van der Waals surface area (Å²) in [6.07, 6.45) is 1.98. The van der Waals surface area contributed by atoms with Crippen LogP contribution in [0.3, 0.4) is 0 Å². The molecule has 1 fully saturated rings. The van der Waals surface area contributed by atoms with Crippen molar-refractivity contribution in [3.8, 4) is 0 Å². The Bertz CT molecular complexity index is 733. The molecule has 0 aliphatic carbocycles. The Morgan fingerprint density at radius 3 is 2.67 bits per heavy atom. The fraction of sp³-hybridized carbons (Fsp3) is 0.444. The second-order valence-corrected chi connectivity index (χ2v) is 6.19. The number of rotatable bonds is 5. The van der Waals surface area contributed by atoms with Crippen LogP contribution in [0.1, 0.15) is 11.3 Å². The van der Waals surface area contributed by atoms with E-state index in [2.05, 4.69) is 25.3 Å². The van der Waals surface area contributed by atoms with Crippen LogP contribution in [-0.4, -0.2) is 60.7 Å². The van der Waals surface area contributed by atoms with Gasteiger partial charge in [0.2, 0.25) is 0 Å². The van der Waals surface area contributed by atoms with Crippen molar-refractivity contribution >= 4 is 29.9 Å². The van der Waals surface area contributed by atoms with E-state index in [-0.39, 0.29) is 24.0 Å². The molecule has 1 saturated heterocycles. The van der Waals surface area contributed by atoms with Gasteiger partial charge >= 0.3 is 0 Å². The topological polar surface area (TPSA) is 56.9 Å². The molecule has 148 valence electrons. The Kier molecular flexibility index (Phi) is 8.42. The fourth-order valence-electron chi connectivity index (χ4n) is 3.05. The summed E-state index contributed by atoms with van der Waals surface area (Å²) in [5.74, 6) is -0.802. The van der Waals surface area contributed by atoms with Gasteiger partial charge in [0.25, 0.3) is 0 Å². The summed E-state index contributed by atoms with van der Waals surface area (Å²) in [7, 11) is 1.73. The summed E-state index contributed by atoms with van der Waals surface area (Å²) < 4.78 is 31.8. The van der Waals surface area contributed by atoms with Crippen molar-refractivity contribution in [2.75, 3.05) is 39.8 Å². The molecule has 0 spiro atoms. The molecule has 2 heterocycles. The van der Waals surface area contributed by atoms with Crippen LogP contribution in [0.5, 0.6) is 0 Å². The fourth-order valence-corrected chi connectivity index (χ4v) is 3.05. The van der Waals surface area contributed by atoms with Crippen molar-refractivity contribution in [3.05, 3.63) is 53.4 Å². The lowest BCUT2D eigenvalue weighted by Gasteiger charge is -2.36. The maximum absolute atomic E-state index is 13.7. The highest BCUT2D eigenvalue weighted by Crippen LogP contribution is 2.12. The zero-order valence-electron chi connectivity index (χ0n) is 15.2. The van der Waals surface area contributed by atoms with Crippen LogP contribution in [0.4, 0.5) is 8.78 Å². The molecule has 3 rings (SSSR count). The van der Waals surface area contributed by atoms with Gasteiger partial charge in [0.05, 0.1) is 5.69 Å². The van der Waals surface area contributed by atoms with Gasteiger partial charge in [-0.05, 0) is 18.1 Å². The predicted molar refractivity (Wildman–Crippen MR) is 110 cm³/mol. The third kappa shape index (κ3) is 5.86. The minimum absolute atomic E-state index is 0. The minimum atomic E-state index is -0.810. The van der Waals surface area contributed by atoms with Crippen molar-refractivity contribution in [1.82, 2.24) is 20.3 Å². The van der Waals surface area contributed by atoms with Crippen molar-refractivity contribution in [3.63, 3.8) is 0 Å². The Hall–Kier alpha value is -1.75. The zero-order valence-corrected chi connectivity index (χ0v) is 17.5. The highest BCUT2D eigenvalue weighted by atomic mass is 127. The summed E-state index contributed by atoms with van der Waals surface area (Å²) in [6, 6.07) is 6.13. The van der Waals surface area contributed by atoms with E-state index in [4.69, 9.17) is 4.52 Å². The molecular weight excluding hydrogens is 467 g/mol. The van der Waals surface area contributed by atoms with Gasteiger partial charge in [-0.1, -0.05) is 17.3 Å². The van der Waals surface area contributed by atoms with E-state index >= 15 is 0 Å². The van der Waals surface area contributed by atoms with E-state index in [0.29, 0.717) is 18.5 Å². The second-order valence-electron chi connectivity index (χ2n) is 6.19. The van der Waals surface area contributed by atoms with Gasteiger partial charge in [-0.25, -0.2) is 8.78 Å². The molecular formula is C18H24F2IN5O. The van der Waals surface area contributed by atoms with Crippen molar-refractivity contribution < 1.29 is 13.3 Å². The van der Waals surface area contributed by atoms with E-state index in [1.165, 1.54) is 6.07 Å². The van der Waals surface area contributed by atoms with Crippen LogP contribution in [0, 0.1) is 11.6 Å². The van der Waals surface area contributed by atoms with E-state index in [0.717, 1.165) is 50.4 Å². The molecule has 1 aliphatic rings. The number of aliphatic imine (C=N–C) groups is 1. The molecule has 1 aromatic carbocycles. The van der Waals surface area contributed by atoms with Crippen LogP contribution in [-0.2, 0) is 13.0 Å². The molecule has 1 aliphatic heterocycles. The molecule has 1 N–H and O–H groups in total. The lowest BCUT2D eigenvalue weighted by molar-refractivity contribution is 0.169. The molecule has 2 aromatic rings. The summed E-state index contributed by atoms with van der Waals surface area (Å²) in [6.45, 7) is 4.73. The van der Waals surface area contributed by atoms with Gasteiger partial charge < -0.3 is 14.7 Å². The van der Waals surface area contributed by atoms with Gasteiger partial charge in [0, 0.05) is 52.4 Å². The second kappa shape index (κ2) is 10.5. The standard InChI is InChI=1S/C18H23F2N5O.HI/c1-21-18(22-7-5-14-3-2-4-16(19)17(14)20)25-10-8-24(9-11-25)13-15-6-12-26-23-15;/h2-4,6,12H,5,7-11,13H2,1H3,(H,21,22);1H. The molecule has 0 unspecified atom stereocenters. The number of aromatic nitrogens is 1. The number of piperazine rings is 1. The Morgan fingerprint density at radius 1 is 1.22 bits per heavy atom. The first-order valence-electron chi connectivity index (χ1n) is 8.67. The first kappa shape index (κ1) is 21.5. The smallest absolute Gasteiger partial charge is 0.193 e.